The lowest BCUT2D eigenvalue weighted by Crippen LogP contribution is -2.46. The van der Waals surface area contributed by atoms with Gasteiger partial charge in [0.25, 0.3) is 0 Å². The van der Waals surface area contributed by atoms with Crippen molar-refractivity contribution in [2.24, 2.45) is 17.8 Å². The lowest BCUT2D eigenvalue weighted by Gasteiger charge is -2.36. The maximum atomic E-state index is 12.4. The molecule has 1 amide bonds. The van der Waals surface area contributed by atoms with E-state index in [-0.39, 0.29) is 0 Å². The minimum atomic E-state index is 0.363. The lowest BCUT2D eigenvalue weighted by atomic mass is 9.87. The van der Waals surface area contributed by atoms with Gasteiger partial charge in [0, 0.05) is 13.1 Å². The Morgan fingerprint density at radius 1 is 1.05 bits per heavy atom. The van der Waals surface area contributed by atoms with Gasteiger partial charge >= 0.3 is 0 Å². The zero-order valence-corrected chi connectivity index (χ0v) is 13.6. The van der Waals surface area contributed by atoms with E-state index in [0.29, 0.717) is 12.5 Å². The predicted molar refractivity (Wildman–Crippen MR) is 83.6 cm³/mol. The van der Waals surface area contributed by atoms with Crippen molar-refractivity contribution in [1.82, 2.24) is 9.80 Å². The van der Waals surface area contributed by atoms with Crippen LogP contribution in [0.25, 0.3) is 0 Å². The molecule has 0 spiro atoms. The number of nitrogens with zero attached hydrogens (tertiary/aromatic N) is 2. The normalized spacial score (nSPS) is 23.5. The predicted octanol–water partition coefficient (Wildman–Crippen LogP) is 3.00. The van der Waals surface area contributed by atoms with Gasteiger partial charge in [-0.05, 0) is 56.5 Å². The average Bonchev–Trinajstić information content (AvgIpc) is 2.48. The minimum Gasteiger partial charge on any atom is -0.342 e. The molecule has 0 N–H and O–H groups in total. The fourth-order valence-corrected chi connectivity index (χ4v) is 3.66. The molecule has 0 bridgehead atoms. The van der Waals surface area contributed by atoms with Gasteiger partial charge in [0.1, 0.15) is 0 Å². The van der Waals surface area contributed by atoms with E-state index in [1.54, 1.807) is 0 Å². The van der Waals surface area contributed by atoms with Gasteiger partial charge in [-0.3, -0.25) is 9.69 Å². The summed E-state index contributed by atoms with van der Waals surface area (Å²) in [6.07, 6.45) is 6.24. The van der Waals surface area contributed by atoms with Gasteiger partial charge in [-0.1, -0.05) is 27.2 Å². The molecule has 2 aliphatic rings. The molecule has 0 aromatic rings. The summed E-state index contributed by atoms with van der Waals surface area (Å²) in [5.41, 5.74) is 0. The van der Waals surface area contributed by atoms with Crippen molar-refractivity contribution < 1.29 is 4.79 Å². The number of amides is 1. The van der Waals surface area contributed by atoms with Crippen molar-refractivity contribution in [3.05, 3.63) is 0 Å². The smallest absolute Gasteiger partial charge is 0.236 e. The van der Waals surface area contributed by atoms with Crippen LogP contribution in [0.15, 0.2) is 0 Å². The van der Waals surface area contributed by atoms with Gasteiger partial charge in [-0.2, -0.15) is 0 Å². The first-order chi connectivity index (χ1) is 9.60. The molecule has 3 nitrogen and oxygen atoms in total. The monoisotopic (exact) mass is 280 g/mol. The van der Waals surface area contributed by atoms with Crippen molar-refractivity contribution in [1.29, 1.82) is 0 Å². The molecule has 2 heterocycles. The van der Waals surface area contributed by atoms with Crippen LogP contribution in [0.5, 0.6) is 0 Å². The van der Waals surface area contributed by atoms with Crippen molar-refractivity contribution in [3.8, 4) is 0 Å². The fourth-order valence-electron chi connectivity index (χ4n) is 3.66. The molecule has 2 aliphatic heterocycles. The molecule has 0 aromatic heterocycles. The Bertz CT molecular complexity index is 300. The largest absolute Gasteiger partial charge is 0.342 e. The Morgan fingerprint density at radius 3 is 2.15 bits per heavy atom. The van der Waals surface area contributed by atoms with Crippen molar-refractivity contribution >= 4 is 5.91 Å². The first kappa shape index (κ1) is 15.8. The molecule has 3 heteroatoms. The highest BCUT2D eigenvalue weighted by Gasteiger charge is 2.26. The Hall–Kier alpha value is -0.570. The quantitative estimate of drug-likeness (QED) is 0.790. The van der Waals surface area contributed by atoms with Crippen LogP contribution >= 0.6 is 0 Å². The van der Waals surface area contributed by atoms with Crippen LogP contribution in [-0.4, -0.2) is 48.4 Å². The van der Waals surface area contributed by atoms with Gasteiger partial charge in [0.2, 0.25) is 5.91 Å². The first-order valence-corrected chi connectivity index (χ1v) is 8.60. The third-order valence-electron chi connectivity index (χ3n) is 5.48. The molecule has 0 radical (unpaired) electrons. The van der Waals surface area contributed by atoms with Gasteiger partial charge in [-0.15, -0.1) is 0 Å². The Morgan fingerprint density at radius 2 is 1.65 bits per heavy atom. The summed E-state index contributed by atoms with van der Waals surface area (Å²) in [5.74, 6) is 2.84. The summed E-state index contributed by atoms with van der Waals surface area (Å²) in [5, 5.41) is 0. The van der Waals surface area contributed by atoms with E-state index in [1.807, 2.05) is 0 Å². The molecule has 2 saturated heterocycles. The first-order valence-electron chi connectivity index (χ1n) is 8.60. The van der Waals surface area contributed by atoms with E-state index in [4.69, 9.17) is 0 Å². The topological polar surface area (TPSA) is 23.6 Å². The van der Waals surface area contributed by atoms with E-state index in [2.05, 4.69) is 30.6 Å². The molecule has 0 aromatic carbocycles. The fraction of sp³-hybridized carbons (Fsp3) is 0.941. The number of rotatable bonds is 4. The summed E-state index contributed by atoms with van der Waals surface area (Å²) in [6, 6.07) is 0. The van der Waals surface area contributed by atoms with Crippen molar-refractivity contribution in [3.63, 3.8) is 0 Å². The maximum absolute atomic E-state index is 12.4. The lowest BCUT2D eigenvalue weighted by molar-refractivity contribution is -0.134. The third-order valence-corrected chi connectivity index (χ3v) is 5.48. The molecule has 2 rings (SSSR count). The van der Waals surface area contributed by atoms with Crippen LogP contribution in [0.4, 0.5) is 0 Å². The molecule has 0 aliphatic carbocycles. The summed E-state index contributed by atoms with van der Waals surface area (Å²) >= 11 is 0. The number of carbonyl (C=O) groups is 1. The zero-order chi connectivity index (χ0) is 14.5. The van der Waals surface area contributed by atoms with E-state index in [9.17, 15) is 4.79 Å². The van der Waals surface area contributed by atoms with Crippen LogP contribution < -0.4 is 0 Å². The second-order valence-electron chi connectivity index (χ2n) is 7.09. The number of likely N-dealkylation sites (tertiary alicyclic amines) is 2. The molecule has 2 fully saturated rings. The molecule has 0 unspecified atom stereocenters. The van der Waals surface area contributed by atoms with Crippen LogP contribution in [0.3, 0.4) is 0 Å². The molecular formula is C17H32N2O. The van der Waals surface area contributed by atoms with E-state index in [0.717, 1.165) is 43.9 Å². The van der Waals surface area contributed by atoms with Crippen LogP contribution in [-0.2, 0) is 4.79 Å². The number of piperidine rings is 2. The van der Waals surface area contributed by atoms with Crippen molar-refractivity contribution in [2.75, 3.05) is 32.7 Å². The van der Waals surface area contributed by atoms with Crippen LogP contribution in [0.2, 0.25) is 0 Å². The number of hydrogen-bond donors (Lipinski definition) is 0. The zero-order valence-electron chi connectivity index (χ0n) is 13.6. The highest BCUT2D eigenvalue weighted by atomic mass is 16.2. The molecule has 116 valence electrons. The second kappa shape index (κ2) is 7.44. The number of carbonyl (C=O) groups excluding carboxylic acids is 1. The van der Waals surface area contributed by atoms with Gasteiger partial charge in [0.15, 0.2) is 0 Å². The van der Waals surface area contributed by atoms with Crippen molar-refractivity contribution in [2.45, 2.75) is 52.9 Å². The van der Waals surface area contributed by atoms with E-state index < -0.39 is 0 Å². The summed E-state index contributed by atoms with van der Waals surface area (Å²) in [4.78, 5) is 16.8. The Kier molecular flexibility index (Phi) is 5.88. The number of hydrogen-bond acceptors (Lipinski definition) is 2. The Balaban J connectivity index is 1.71. The summed E-state index contributed by atoms with van der Waals surface area (Å²) in [6.45, 7) is 11.7. The second-order valence-corrected chi connectivity index (χ2v) is 7.09. The highest BCUT2D eigenvalue weighted by molar-refractivity contribution is 5.78. The van der Waals surface area contributed by atoms with Crippen LogP contribution in [0.1, 0.15) is 52.9 Å². The average molecular weight is 280 g/mol. The summed E-state index contributed by atoms with van der Waals surface area (Å²) in [7, 11) is 0. The Labute approximate surface area is 124 Å². The molecular weight excluding hydrogens is 248 g/mol. The standard InChI is InChI=1S/C17H32N2O/c1-4-15-5-9-18(10-6-15)13-17(20)19-11-7-16(8-12-19)14(2)3/h14-16H,4-13H2,1-3H3. The SMILES string of the molecule is CCC1CCN(CC(=O)N2CCC(C(C)C)CC2)CC1. The third kappa shape index (κ3) is 4.21. The minimum absolute atomic E-state index is 0.363. The molecule has 20 heavy (non-hydrogen) atoms. The highest BCUT2D eigenvalue weighted by Crippen LogP contribution is 2.25. The molecule has 0 saturated carbocycles. The van der Waals surface area contributed by atoms with E-state index >= 15 is 0 Å². The summed E-state index contributed by atoms with van der Waals surface area (Å²) < 4.78 is 0. The van der Waals surface area contributed by atoms with Crippen LogP contribution in [0, 0.1) is 17.8 Å². The maximum Gasteiger partial charge on any atom is 0.236 e. The van der Waals surface area contributed by atoms with E-state index in [1.165, 1.54) is 32.1 Å². The molecule has 0 atom stereocenters. The van der Waals surface area contributed by atoms with Gasteiger partial charge in [0.05, 0.1) is 6.54 Å². The van der Waals surface area contributed by atoms with Gasteiger partial charge < -0.3 is 4.90 Å². The van der Waals surface area contributed by atoms with Gasteiger partial charge in [-0.25, -0.2) is 0 Å².